The van der Waals surface area contributed by atoms with Crippen molar-refractivity contribution in [2.24, 2.45) is 11.7 Å². The zero-order valence-electron chi connectivity index (χ0n) is 18.3. The normalized spacial score (nSPS) is 15.6. The van der Waals surface area contributed by atoms with E-state index in [9.17, 15) is 29.1 Å². The fraction of sp³-hybridized carbons (Fsp3) is 0.737. The van der Waals surface area contributed by atoms with Crippen molar-refractivity contribution in [3.8, 4) is 0 Å². The van der Waals surface area contributed by atoms with Gasteiger partial charge in [0.05, 0.1) is 6.04 Å². The minimum atomic E-state index is -1.21. The average Bonchev–Trinajstić information content (AvgIpc) is 2.71. The zero-order chi connectivity index (χ0) is 24.1. The Morgan fingerprint density at radius 3 is 1.97 bits per heavy atom. The van der Waals surface area contributed by atoms with Crippen LogP contribution in [0.5, 0.6) is 0 Å². The summed E-state index contributed by atoms with van der Waals surface area (Å²) in [6.07, 6.45) is 2.09. The van der Waals surface area contributed by atoms with Crippen LogP contribution >= 0.6 is 11.8 Å². The topological polar surface area (TPSA) is 188 Å². The second kappa shape index (κ2) is 14.6. The summed E-state index contributed by atoms with van der Waals surface area (Å²) >= 11 is 1.43. The Labute approximate surface area is 186 Å². The van der Waals surface area contributed by atoms with Crippen molar-refractivity contribution in [1.29, 1.82) is 0 Å². The molecule has 0 rings (SSSR count). The van der Waals surface area contributed by atoms with Crippen molar-refractivity contribution in [1.82, 2.24) is 16.0 Å². The van der Waals surface area contributed by atoms with Crippen LogP contribution in [0.3, 0.4) is 0 Å². The number of carboxylic acid groups (broad SMARTS) is 2. The summed E-state index contributed by atoms with van der Waals surface area (Å²) in [5.41, 5.74) is 5.87. The van der Waals surface area contributed by atoms with Gasteiger partial charge in [0.15, 0.2) is 0 Å². The average molecular weight is 463 g/mol. The number of thioether (sulfide) groups is 1. The summed E-state index contributed by atoms with van der Waals surface area (Å²) < 4.78 is 0. The number of carbonyl (C=O) groups excluding carboxylic acids is 3. The second-order valence-corrected chi connectivity index (χ2v) is 8.30. The van der Waals surface area contributed by atoms with E-state index in [0.717, 1.165) is 0 Å². The molecule has 0 aromatic heterocycles. The SMILES string of the molecule is CCC(C)C(N)C(=O)NC(CCC(=O)O)C(=O)NC(C)C(=O)NC(CCSC)C(=O)O. The third-order valence-corrected chi connectivity index (χ3v) is 5.46. The van der Waals surface area contributed by atoms with Crippen LogP contribution in [0.2, 0.25) is 0 Å². The van der Waals surface area contributed by atoms with Gasteiger partial charge < -0.3 is 31.9 Å². The first-order valence-corrected chi connectivity index (χ1v) is 11.4. The molecule has 0 aliphatic rings. The van der Waals surface area contributed by atoms with Crippen LogP contribution in [0.4, 0.5) is 0 Å². The molecule has 0 saturated carbocycles. The molecule has 11 nitrogen and oxygen atoms in total. The van der Waals surface area contributed by atoms with E-state index in [2.05, 4.69) is 16.0 Å². The first kappa shape index (κ1) is 28.7. The zero-order valence-corrected chi connectivity index (χ0v) is 19.2. The van der Waals surface area contributed by atoms with Gasteiger partial charge in [-0.25, -0.2) is 4.79 Å². The number of nitrogens with one attached hydrogen (secondary N) is 3. The van der Waals surface area contributed by atoms with Gasteiger partial charge in [-0.1, -0.05) is 20.3 Å². The summed E-state index contributed by atoms with van der Waals surface area (Å²) in [5.74, 6) is -4.03. The van der Waals surface area contributed by atoms with Crippen molar-refractivity contribution in [2.75, 3.05) is 12.0 Å². The molecule has 0 saturated heterocycles. The lowest BCUT2D eigenvalue weighted by molar-refractivity contribution is -0.142. The molecular weight excluding hydrogens is 428 g/mol. The highest BCUT2D eigenvalue weighted by molar-refractivity contribution is 7.98. The number of carbonyl (C=O) groups is 5. The molecule has 0 aromatic carbocycles. The second-order valence-electron chi connectivity index (χ2n) is 7.32. The van der Waals surface area contributed by atoms with Crippen molar-refractivity contribution >= 4 is 41.4 Å². The number of nitrogens with two attached hydrogens (primary N) is 1. The fourth-order valence-corrected chi connectivity index (χ4v) is 2.96. The van der Waals surface area contributed by atoms with Gasteiger partial charge >= 0.3 is 11.9 Å². The minimum absolute atomic E-state index is 0.151. The largest absolute Gasteiger partial charge is 0.481 e. The van der Waals surface area contributed by atoms with E-state index in [1.165, 1.54) is 18.7 Å². The van der Waals surface area contributed by atoms with Gasteiger partial charge in [0.2, 0.25) is 17.7 Å². The highest BCUT2D eigenvalue weighted by Crippen LogP contribution is 2.07. The quantitative estimate of drug-likeness (QED) is 0.187. The summed E-state index contributed by atoms with van der Waals surface area (Å²) in [4.78, 5) is 59.4. The fourth-order valence-electron chi connectivity index (χ4n) is 2.49. The maximum absolute atomic E-state index is 12.6. The van der Waals surface area contributed by atoms with Gasteiger partial charge in [-0.05, 0) is 37.7 Å². The molecule has 3 amide bonds. The van der Waals surface area contributed by atoms with Crippen molar-refractivity contribution in [2.45, 2.75) is 70.6 Å². The molecule has 0 spiro atoms. The lowest BCUT2D eigenvalue weighted by atomic mass is 9.98. The van der Waals surface area contributed by atoms with Gasteiger partial charge in [-0.2, -0.15) is 11.8 Å². The number of hydrogen-bond acceptors (Lipinski definition) is 7. The smallest absolute Gasteiger partial charge is 0.326 e. The van der Waals surface area contributed by atoms with Gasteiger partial charge in [-0.15, -0.1) is 0 Å². The molecule has 31 heavy (non-hydrogen) atoms. The number of hydrogen-bond donors (Lipinski definition) is 6. The van der Waals surface area contributed by atoms with Crippen molar-refractivity contribution in [3.05, 3.63) is 0 Å². The predicted octanol–water partition coefficient (Wildman–Crippen LogP) is -0.463. The molecule has 0 fully saturated rings. The molecule has 0 aliphatic carbocycles. The van der Waals surface area contributed by atoms with Crippen molar-refractivity contribution < 1.29 is 34.2 Å². The van der Waals surface area contributed by atoms with Crippen LogP contribution < -0.4 is 21.7 Å². The van der Waals surface area contributed by atoms with Crippen LogP contribution in [-0.4, -0.2) is 76.0 Å². The first-order valence-electron chi connectivity index (χ1n) is 10.0. The van der Waals surface area contributed by atoms with Crippen LogP contribution in [0, 0.1) is 5.92 Å². The van der Waals surface area contributed by atoms with Crippen LogP contribution in [-0.2, 0) is 24.0 Å². The Morgan fingerprint density at radius 1 is 0.903 bits per heavy atom. The van der Waals surface area contributed by atoms with E-state index in [1.807, 2.05) is 13.2 Å². The van der Waals surface area contributed by atoms with Crippen LogP contribution in [0.25, 0.3) is 0 Å². The highest BCUT2D eigenvalue weighted by atomic mass is 32.2. The third kappa shape index (κ3) is 11.0. The summed E-state index contributed by atoms with van der Waals surface area (Å²) in [5, 5.41) is 25.3. The Bertz CT molecular complexity index is 647. The van der Waals surface area contributed by atoms with Crippen molar-refractivity contribution in [3.63, 3.8) is 0 Å². The van der Waals surface area contributed by atoms with Gasteiger partial charge in [0, 0.05) is 6.42 Å². The monoisotopic (exact) mass is 462 g/mol. The molecule has 5 unspecified atom stereocenters. The Balaban J connectivity index is 5.13. The molecule has 0 heterocycles. The van der Waals surface area contributed by atoms with Crippen LogP contribution in [0.1, 0.15) is 46.5 Å². The van der Waals surface area contributed by atoms with E-state index < -0.39 is 53.8 Å². The molecule has 0 aromatic rings. The van der Waals surface area contributed by atoms with Gasteiger partial charge in [-0.3, -0.25) is 19.2 Å². The Hall–Kier alpha value is -2.34. The summed E-state index contributed by atoms with van der Waals surface area (Å²) in [6.45, 7) is 5.00. The standard InChI is InChI=1S/C19H34N4O7S/c1-5-10(2)15(20)18(28)22-12(6-7-14(24)25)17(27)21-11(3)16(26)23-13(19(29)30)8-9-31-4/h10-13,15H,5-9,20H2,1-4H3,(H,21,27)(H,22,28)(H,23,26)(H,24,25)(H,29,30). The number of amides is 3. The van der Waals surface area contributed by atoms with E-state index in [4.69, 9.17) is 10.8 Å². The molecule has 178 valence electrons. The molecule has 0 bridgehead atoms. The minimum Gasteiger partial charge on any atom is -0.481 e. The third-order valence-electron chi connectivity index (χ3n) is 4.82. The van der Waals surface area contributed by atoms with E-state index in [-0.39, 0.29) is 25.2 Å². The maximum atomic E-state index is 12.6. The first-order chi connectivity index (χ1) is 14.4. The lowest BCUT2D eigenvalue weighted by Crippen LogP contribution is -2.57. The number of rotatable bonds is 15. The van der Waals surface area contributed by atoms with E-state index >= 15 is 0 Å². The molecule has 7 N–H and O–H groups in total. The Kier molecular flexibility index (Phi) is 13.5. The van der Waals surface area contributed by atoms with Crippen LogP contribution in [0.15, 0.2) is 0 Å². The number of aliphatic carboxylic acids is 2. The lowest BCUT2D eigenvalue weighted by Gasteiger charge is -2.24. The Morgan fingerprint density at radius 2 is 1.48 bits per heavy atom. The molecule has 12 heteroatoms. The van der Waals surface area contributed by atoms with E-state index in [0.29, 0.717) is 12.2 Å². The predicted molar refractivity (Wildman–Crippen MR) is 116 cm³/mol. The van der Waals surface area contributed by atoms with Gasteiger partial charge in [0.1, 0.15) is 18.1 Å². The number of carboxylic acids is 2. The van der Waals surface area contributed by atoms with Gasteiger partial charge in [0.25, 0.3) is 0 Å². The maximum Gasteiger partial charge on any atom is 0.326 e. The summed E-state index contributed by atoms with van der Waals surface area (Å²) in [6, 6.07) is -4.29. The van der Waals surface area contributed by atoms with E-state index in [1.54, 1.807) is 6.92 Å². The molecule has 0 radical (unpaired) electrons. The molecule has 5 atom stereocenters. The highest BCUT2D eigenvalue weighted by Gasteiger charge is 2.29. The molecule has 0 aliphatic heterocycles. The molecular formula is C19H34N4O7S. The summed E-state index contributed by atoms with van der Waals surface area (Å²) in [7, 11) is 0.